The Kier molecular flexibility index (Phi) is 3.97. The minimum absolute atomic E-state index is 0.0638. The van der Waals surface area contributed by atoms with Gasteiger partial charge in [-0.25, -0.2) is 0 Å². The zero-order chi connectivity index (χ0) is 17.8. The van der Waals surface area contributed by atoms with E-state index >= 15 is 0 Å². The highest BCUT2D eigenvalue weighted by Crippen LogP contribution is 2.45. The molecule has 2 atom stereocenters. The van der Waals surface area contributed by atoms with Crippen LogP contribution in [0.4, 0.5) is 0 Å². The molecule has 1 aliphatic heterocycles. The van der Waals surface area contributed by atoms with Gasteiger partial charge in [-0.05, 0) is 20.8 Å². The van der Waals surface area contributed by atoms with E-state index in [2.05, 4.69) is 0 Å². The maximum Gasteiger partial charge on any atom is 0.196 e. The molecule has 2 aliphatic rings. The molecule has 0 aromatic heterocycles. The van der Waals surface area contributed by atoms with Crippen molar-refractivity contribution in [3.05, 3.63) is 33.4 Å². The van der Waals surface area contributed by atoms with Crippen molar-refractivity contribution in [2.45, 2.75) is 46.0 Å². The highest BCUT2D eigenvalue weighted by atomic mass is 16.5. The SMILES string of the molecule is COc1c(C)c2c(c(O)c1CO)C(=O)C1=C(C[C@H](C)O[C@@H]1C)C2=O. The van der Waals surface area contributed by atoms with Crippen molar-refractivity contribution in [1.82, 2.24) is 0 Å². The molecule has 0 unspecified atom stereocenters. The van der Waals surface area contributed by atoms with Crippen LogP contribution in [0.1, 0.15) is 52.1 Å². The lowest BCUT2D eigenvalue weighted by atomic mass is 9.76. The average Bonchev–Trinajstić information content (AvgIpc) is 2.53. The molecule has 0 amide bonds. The third-order valence-corrected chi connectivity index (χ3v) is 4.76. The van der Waals surface area contributed by atoms with Gasteiger partial charge in [-0.15, -0.1) is 0 Å². The number of aliphatic hydroxyl groups is 1. The number of methoxy groups -OCH3 is 1. The fourth-order valence-electron chi connectivity index (χ4n) is 3.76. The van der Waals surface area contributed by atoms with Crippen LogP contribution in [0.3, 0.4) is 0 Å². The summed E-state index contributed by atoms with van der Waals surface area (Å²) in [6.45, 7) is 4.73. The number of fused-ring (bicyclic) bond motifs is 1. The molecule has 3 rings (SSSR count). The van der Waals surface area contributed by atoms with Crippen LogP contribution in [0.15, 0.2) is 11.1 Å². The number of hydrogen-bond donors (Lipinski definition) is 2. The summed E-state index contributed by atoms with van der Waals surface area (Å²) in [6, 6.07) is 0. The number of hydrogen-bond acceptors (Lipinski definition) is 6. The number of ketones is 2. The monoisotopic (exact) mass is 332 g/mol. The van der Waals surface area contributed by atoms with Crippen molar-refractivity contribution >= 4 is 11.6 Å². The van der Waals surface area contributed by atoms with E-state index in [1.54, 1.807) is 13.8 Å². The highest BCUT2D eigenvalue weighted by molar-refractivity contribution is 6.29. The Morgan fingerprint density at radius 2 is 1.88 bits per heavy atom. The number of carbonyl (C=O) groups is 2. The molecule has 0 radical (unpaired) electrons. The van der Waals surface area contributed by atoms with Gasteiger partial charge in [0.05, 0.1) is 37.1 Å². The fraction of sp³-hybridized carbons (Fsp3) is 0.444. The van der Waals surface area contributed by atoms with Crippen molar-refractivity contribution in [3.63, 3.8) is 0 Å². The molecule has 1 aliphatic carbocycles. The zero-order valence-electron chi connectivity index (χ0n) is 14.1. The van der Waals surface area contributed by atoms with E-state index in [-0.39, 0.29) is 34.3 Å². The maximum atomic E-state index is 13.0. The van der Waals surface area contributed by atoms with E-state index in [0.29, 0.717) is 23.1 Å². The van der Waals surface area contributed by atoms with Crippen LogP contribution in [-0.2, 0) is 11.3 Å². The quantitative estimate of drug-likeness (QED) is 0.861. The highest BCUT2D eigenvalue weighted by Gasteiger charge is 2.42. The second-order valence-electron chi connectivity index (χ2n) is 6.24. The van der Waals surface area contributed by atoms with Gasteiger partial charge in [0.25, 0.3) is 0 Å². The van der Waals surface area contributed by atoms with E-state index < -0.39 is 24.2 Å². The first-order valence-electron chi connectivity index (χ1n) is 7.84. The van der Waals surface area contributed by atoms with E-state index in [9.17, 15) is 19.8 Å². The molecule has 0 saturated heterocycles. The third kappa shape index (κ3) is 2.10. The Morgan fingerprint density at radius 3 is 2.46 bits per heavy atom. The molecule has 0 saturated carbocycles. The lowest BCUT2D eigenvalue weighted by molar-refractivity contribution is 0.0148. The largest absolute Gasteiger partial charge is 0.507 e. The first-order valence-corrected chi connectivity index (χ1v) is 7.84. The van der Waals surface area contributed by atoms with Crippen LogP contribution >= 0.6 is 0 Å². The average molecular weight is 332 g/mol. The molecule has 2 N–H and O–H groups in total. The van der Waals surface area contributed by atoms with Crippen LogP contribution in [0.5, 0.6) is 11.5 Å². The fourth-order valence-corrected chi connectivity index (χ4v) is 3.76. The molecule has 128 valence electrons. The Bertz CT molecular complexity index is 789. The van der Waals surface area contributed by atoms with Gasteiger partial charge in [0.2, 0.25) is 0 Å². The van der Waals surface area contributed by atoms with Gasteiger partial charge in [-0.3, -0.25) is 9.59 Å². The smallest absolute Gasteiger partial charge is 0.196 e. The van der Waals surface area contributed by atoms with Crippen molar-refractivity contribution in [2.24, 2.45) is 0 Å². The van der Waals surface area contributed by atoms with E-state index in [4.69, 9.17) is 9.47 Å². The summed E-state index contributed by atoms with van der Waals surface area (Å²) < 4.78 is 10.9. The molecule has 1 aromatic carbocycles. The van der Waals surface area contributed by atoms with Gasteiger partial charge in [-0.1, -0.05) is 0 Å². The molecule has 0 fully saturated rings. The van der Waals surface area contributed by atoms with E-state index in [1.807, 2.05) is 6.92 Å². The van der Waals surface area contributed by atoms with Crippen LogP contribution in [0.2, 0.25) is 0 Å². The standard InChI is InChI=1S/C18H20O6/c1-7-5-10-13(9(3)24-7)17(22)14-12(15(10)20)8(2)18(23-4)11(6-19)16(14)21/h7,9,19,21H,5-6H2,1-4H3/t7-,9+/m0/s1. The molecular formula is C18H20O6. The van der Waals surface area contributed by atoms with E-state index in [1.165, 1.54) is 7.11 Å². The minimum Gasteiger partial charge on any atom is -0.507 e. The summed E-state index contributed by atoms with van der Waals surface area (Å²) in [7, 11) is 1.39. The normalized spacial score (nSPS) is 23.2. The first kappa shape index (κ1) is 16.7. The van der Waals surface area contributed by atoms with Gasteiger partial charge >= 0.3 is 0 Å². The third-order valence-electron chi connectivity index (χ3n) is 4.76. The van der Waals surface area contributed by atoms with Crippen molar-refractivity contribution in [2.75, 3.05) is 7.11 Å². The molecule has 1 heterocycles. The number of benzene rings is 1. The topological polar surface area (TPSA) is 93.1 Å². The Labute approximate surface area is 139 Å². The molecule has 0 bridgehead atoms. The molecule has 6 heteroatoms. The lowest BCUT2D eigenvalue weighted by Crippen LogP contribution is -2.37. The number of aromatic hydroxyl groups is 1. The summed E-state index contributed by atoms with van der Waals surface area (Å²) in [4.78, 5) is 26.0. The van der Waals surface area contributed by atoms with Crippen molar-refractivity contribution < 1.29 is 29.3 Å². The van der Waals surface area contributed by atoms with Gasteiger partial charge in [0.15, 0.2) is 11.6 Å². The molecule has 1 aromatic rings. The zero-order valence-corrected chi connectivity index (χ0v) is 14.1. The second kappa shape index (κ2) is 5.72. The van der Waals surface area contributed by atoms with Gasteiger partial charge in [-0.2, -0.15) is 0 Å². The lowest BCUT2D eigenvalue weighted by Gasteiger charge is -2.34. The number of carbonyl (C=O) groups excluding carboxylic acids is 2. The number of aliphatic hydroxyl groups excluding tert-OH is 1. The molecular weight excluding hydrogens is 312 g/mol. The molecule has 6 nitrogen and oxygen atoms in total. The van der Waals surface area contributed by atoms with Crippen LogP contribution < -0.4 is 4.74 Å². The van der Waals surface area contributed by atoms with Gasteiger partial charge in [0, 0.05) is 28.7 Å². The van der Waals surface area contributed by atoms with Crippen LogP contribution in [0.25, 0.3) is 0 Å². The molecule has 0 spiro atoms. The second-order valence-corrected chi connectivity index (χ2v) is 6.24. The Balaban J connectivity index is 2.34. The van der Waals surface area contributed by atoms with Gasteiger partial charge < -0.3 is 19.7 Å². The Morgan fingerprint density at radius 1 is 1.21 bits per heavy atom. The first-order chi connectivity index (χ1) is 11.3. The van der Waals surface area contributed by atoms with Crippen molar-refractivity contribution in [1.29, 1.82) is 0 Å². The number of ether oxygens (including phenoxy) is 2. The van der Waals surface area contributed by atoms with Crippen LogP contribution in [0, 0.1) is 6.92 Å². The van der Waals surface area contributed by atoms with Gasteiger partial charge in [0.1, 0.15) is 11.5 Å². The predicted octanol–water partition coefficient (Wildman–Crippen LogP) is 2.07. The van der Waals surface area contributed by atoms with E-state index in [0.717, 1.165) is 0 Å². The summed E-state index contributed by atoms with van der Waals surface area (Å²) in [5.74, 6) is -0.869. The van der Waals surface area contributed by atoms with Crippen molar-refractivity contribution in [3.8, 4) is 11.5 Å². The predicted molar refractivity (Wildman–Crippen MR) is 85.6 cm³/mol. The molecule has 24 heavy (non-hydrogen) atoms. The summed E-state index contributed by atoms with van der Waals surface area (Å²) in [5, 5.41) is 20.1. The summed E-state index contributed by atoms with van der Waals surface area (Å²) in [5.41, 5.74) is 1.40. The Hall–Kier alpha value is -2.18. The maximum absolute atomic E-state index is 13.0. The minimum atomic E-state index is -0.521. The van der Waals surface area contributed by atoms with Crippen LogP contribution in [-0.4, -0.2) is 41.1 Å². The number of rotatable bonds is 2. The number of phenols is 1. The summed E-state index contributed by atoms with van der Waals surface area (Å²) in [6.07, 6.45) is -0.328. The summed E-state index contributed by atoms with van der Waals surface area (Å²) >= 11 is 0. The number of Topliss-reactive ketones (excluding diaryl/α,β-unsaturated/α-hetero) is 2.